The van der Waals surface area contributed by atoms with E-state index in [1.807, 2.05) is 0 Å². The topological polar surface area (TPSA) is 27.7 Å². The molecule has 27 heavy (non-hydrogen) atoms. The van der Waals surface area contributed by atoms with E-state index in [1.54, 1.807) is 18.3 Å². The van der Waals surface area contributed by atoms with Gasteiger partial charge in [-0.1, -0.05) is 49.6 Å². The molecule has 1 fully saturated rings. The number of rotatable bonds is 8. The van der Waals surface area contributed by atoms with Crippen molar-refractivity contribution in [1.82, 2.24) is 0 Å². The first-order valence-corrected chi connectivity index (χ1v) is 13.2. The van der Waals surface area contributed by atoms with Gasteiger partial charge in [0.2, 0.25) is 0 Å². The molecule has 0 spiro atoms. The largest absolute Gasteiger partial charge is 0.413 e. The number of methoxy groups -OCH3 is 1. The summed E-state index contributed by atoms with van der Waals surface area (Å²) in [5, 5.41) is 0.256. The third kappa shape index (κ3) is 5.03. The summed E-state index contributed by atoms with van der Waals surface area (Å²) in [6.45, 7) is 18.2. The highest BCUT2D eigenvalue weighted by Gasteiger charge is 2.41. The SMILES string of the molecule is COCOCC/C(C)=C1/CCC2=C(CO[Si](C)(C)C(C)(C)C)CC=CC21C. The Morgan fingerprint density at radius 2 is 1.93 bits per heavy atom. The summed E-state index contributed by atoms with van der Waals surface area (Å²) in [7, 11) is -0.0529. The molecule has 2 rings (SSSR count). The van der Waals surface area contributed by atoms with Gasteiger partial charge in [-0.15, -0.1) is 0 Å². The third-order valence-corrected chi connectivity index (χ3v) is 11.4. The molecule has 1 saturated carbocycles. The van der Waals surface area contributed by atoms with Crippen LogP contribution in [0.15, 0.2) is 34.4 Å². The lowest BCUT2D eigenvalue weighted by Gasteiger charge is -2.38. The second-order valence-electron chi connectivity index (χ2n) is 9.76. The highest BCUT2D eigenvalue weighted by molar-refractivity contribution is 6.74. The van der Waals surface area contributed by atoms with E-state index in [0.29, 0.717) is 6.79 Å². The fourth-order valence-electron chi connectivity index (χ4n) is 4.06. The molecule has 0 heterocycles. The van der Waals surface area contributed by atoms with Crippen LogP contribution < -0.4 is 0 Å². The Hall–Kier alpha value is -0.683. The molecule has 2 aliphatic rings. The van der Waals surface area contributed by atoms with Gasteiger partial charge in [0.1, 0.15) is 6.79 Å². The highest BCUT2D eigenvalue weighted by Crippen LogP contribution is 2.53. The van der Waals surface area contributed by atoms with E-state index in [1.165, 1.54) is 17.6 Å². The van der Waals surface area contributed by atoms with Crippen LogP contribution in [0.2, 0.25) is 18.1 Å². The van der Waals surface area contributed by atoms with Crippen molar-refractivity contribution in [2.24, 2.45) is 5.41 Å². The summed E-state index contributed by atoms with van der Waals surface area (Å²) in [5.74, 6) is 0. The molecule has 1 atom stereocenters. The average molecular weight is 393 g/mol. The minimum atomic E-state index is -1.72. The zero-order valence-corrected chi connectivity index (χ0v) is 19.8. The van der Waals surface area contributed by atoms with E-state index in [9.17, 15) is 0 Å². The summed E-state index contributed by atoms with van der Waals surface area (Å²) < 4.78 is 17.1. The van der Waals surface area contributed by atoms with Crippen LogP contribution >= 0.6 is 0 Å². The molecule has 0 aromatic rings. The number of allylic oxidation sites excluding steroid dienone is 4. The summed E-state index contributed by atoms with van der Waals surface area (Å²) in [4.78, 5) is 0. The maximum atomic E-state index is 6.57. The molecule has 0 bridgehead atoms. The van der Waals surface area contributed by atoms with Crippen molar-refractivity contribution in [3.63, 3.8) is 0 Å². The first-order valence-electron chi connectivity index (χ1n) is 10.3. The molecule has 0 N–H and O–H groups in total. The van der Waals surface area contributed by atoms with E-state index in [0.717, 1.165) is 32.5 Å². The zero-order valence-electron chi connectivity index (χ0n) is 18.8. The molecular weight excluding hydrogens is 352 g/mol. The van der Waals surface area contributed by atoms with E-state index < -0.39 is 8.32 Å². The lowest BCUT2D eigenvalue weighted by Crippen LogP contribution is -2.41. The van der Waals surface area contributed by atoms with Gasteiger partial charge in [-0.2, -0.15) is 0 Å². The molecule has 3 nitrogen and oxygen atoms in total. The lowest BCUT2D eigenvalue weighted by molar-refractivity contribution is -0.0292. The Bertz CT molecular complexity index is 622. The Morgan fingerprint density at radius 3 is 2.56 bits per heavy atom. The Balaban J connectivity index is 2.16. The molecule has 154 valence electrons. The maximum absolute atomic E-state index is 6.57. The number of fused-ring (bicyclic) bond motifs is 1. The Kier molecular flexibility index (Phi) is 7.34. The Morgan fingerprint density at radius 1 is 1.22 bits per heavy atom. The van der Waals surface area contributed by atoms with Gasteiger partial charge in [0, 0.05) is 12.5 Å². The fourth-order valence-corrected chi connectivity index (χ4v) is 5.03. The standard InChI is InChI=1S/C23H40O3Si/c1-18(13-15-25-17-24-6)20-11-12-21-19(10-9-14-23(20,21)5)16-26-27(7,8)22(2,3)4/h9,14H,10-13,15-17H2,1-8H3/b20-18-. The molecule has 0 saturated heterocycles. The Labute approximate surface area is 168 Å². The minimum Gasteiger partial charge on any atom is -0.413 e. The molecule has 0 amide bonds. The maximum Gasteiger partial charge on any atom is 0.192 e. The summed E-state index contributed by atoms with van der Waals surface area (Å²) >= 11 is 0. The van der Waals surface area contributed by atoms with E-state index in [4.69, 9.17) is 13.9 Å². The summed E-state index contributed by atoms with van der Waals surface area (Å²) in [6.07, 6.45) is 9.14. The van der Waals surface area contributed by atoms with Gasteiger partial charge in [0.15, 0.2) is 8.32 Å². The molecule has 4 heteroatoms. The van der Waals surface area contributed by atoms with Crippen LogP contribution in [-0.4, -0.2) is 35.4 Å². The van der Waals surface area contributed by atoms with Gasteiger partial charge < -0.3 is 13.9 Å². The molecule has 1 unspecified atom stereocenters. The van der Waals surface area contributed by atoms with E-state index in [-0.39, 0.29) is 10.5 Å². The van der Waals surface area contributed by atoms with Crippen molar-refractivity contribution in [2.75, 3.05) is 27.1 Å². The van der Waals surface area contributed by atoms with Crippen molar-refractivity contribution in [1.29, 1.82) is 0 Å². The van der Waals surface area contributed by atoms with Gasteiger partial charge in [-0.05, 0) is 63.2 Å². The number of hydrogen-bond acceptors (Lipinski definition) is 3. The van der Waals surface area contributed by atoms with E-state index >= 15 is 0 Å². The smallest absolute Gasteiger partial charge is 0.192 e. The van der Waals surface area contributed by atoms with Crippen LogP contribution in [0.4, 0.5) is 0 Å². The van der Waals surface area contributed by atoms with Gasteiger partial charge >= 0.3 is 0 Å². The molecule has 2 aliphatic carbocycles. The molecule has 0 aliphatic heterocycles. The first-order chi connectivity index (χ1) is 12.5. The molecular formula is C23H40O3Si. The van der Waals surface area contributed by atoms with Gasteiger partial charge in [0.05, 0.1) is 13.2 Å². The predicted molar refractivity (Wildman–Crippen MR) is 116 cm³/mol. The summed E-state index contributed by atoms with van der Waals surface area (Å²) in [5.41, 5.74) is 6.26. The van der Waals surface area contributed by atoms with Crippen molar-refractivity contribution < 1.29 is 13.9 Å². The second-order valence-corrected chi connectivity index (χ2v) is 14.6. The monoisotopic (exact) mass is 392 g/mol. The second kappa shape index (κ2) is 8.77. The fraction of sp³-hybridized carbons (Fsp3) is 0.739. The van der Waals surface area contributed by atoms with Crippen LogP contribution in [0.5, 0.6) is 0 Å². The van der Waals surface area contributed by atoms with Gasteiger partial charge in [-0.3, -0.25) is 0 Å². The van der Waals surface area contributed by atoms with Crippen molar-refractivity contribution >= 4 is 8.32 Å². The van der Waals surface area contributed by atoms with Crippen LogP contribution in [0.1, 0.15) is 60.3 Å². The third-order valence-electron chi connectivity index (χ3n) is 6.87. The zero-order chi connectivity index (χ0) is 20.3. The van der Waals surface area contributed by atoms with Gasteiger partial charge in [0.25, 0.3) is 0 Å². The normalized spacial score (nSPS) is 25.2. The lowest BCUT2D eigenvalue weighted by atomic mass is 9.74. The van der Waals surface area contributed by atoms with Crippen LogP contribution in [0.3, 0.4) is 0 Å². The molecule has 0 aromatic heterocycles. The van der Waals surface area contributed by atoms with Crippen LogP contribution in [-0.2, 0) is 13.9 Å². The molecule has 0 aromatic carbocycles. The molecule has 0 radical (unpaired) electrons. The number of ether oxygens (including phenoxy) is 2. The first kappa shape index (κ1) is 22.6. The highest BCUT2D eigenvalue weighted by atomic mass is 28.4. The summed E-state index contributed by atoms with van der Waals surface area (Å²) in [6, 6.07) is 0. The van der Waals surface area contributed by atoms with Crippen LogP contribution in [0, 0.1) is 5.41 Å². The van der Waals surface area contributed by atoms with Crippen molar-refractivity contribution in [2.45, 2.75) is 78.4 Å². The van der Waals surface area contributed by atoms with Gasteiger partial charge in [-0.25, -0.2) is 0 Å². The van der Waals surface area contributed by atoms with Crippen molar-refractivity contribution in [3.8, 4) is 0 Å². The van der Waals surface area contributed by atoms with Crippen molar-refractivity contribution in [3.05, 3.63) is 34.4 Å². The average Bonchev–Trinajstić information content (AvgIpc) is 2.93. The van der Waals surface area contributed by atoms with E-state index in [2.05, 4.69) is 59.9 Å². The number of hydrogen-bond donors (Lipinski definition) is 0. The quantitative estimate of drug-likeness (QED) is 0.207. The predicted octanol–water partition coefficient (Wildman–Crippen LogP) is 6.39. The van der Waals surface area contributed by atoms with Crippen LogP contribution in [0.25, 0.3) is 0 Å². The minimum absolute atomic E-state index is 0.0791.